The molecule has 1 aliphatic rings. The Morgan fingerprint density at radius 2 is 1.94 bits per heavy atom. The number of nitrogens with zero attached hydrogens (tertiary/aromatic N) is 3. The van der Waals surface area contributed by atoms with E-state index >= 15 is 0 Å². The molecular weight excluding hydrogens is 428 g/mol. The predicted octanol–water partition coefficient (Wildman–Crippen LogP) is 5.00. The summed E-state index contributed by atoms with van der Waals surface area (Å²) in [6.07, 6.45) is 9.85. The molecular formula is C23H30N4O2S2. The highest BCUT2D eigenvalue weighted by Gasteiger charge is 2.32. The van der Waals surface area contributed by atoms with Crippen molar-refractivity contribution in [3.63, 3.8) is 0 Å². The maximum absolute atomic E-state index is 13.3. The van der Waals surface area contributed by atoms with E-state index in [-0.39, 0.29) is 11.5 Å². The first-order valence-electron chi connectivity index (χ1n) is 11.0. The zero-order valence-corrected chi connectivity index (χ0v) is 20.1. The average molecular weight is 459 g/mol. The van der Waals surface area contributed by atoms with E-state index in [1.54, 1.807) is 17.2 Å². The normalized spacial score (nSPS) is 15.5. The number of nitrogens with one attached hydrogen (secondary N) is 1. The van der Waals surface area contributed by atoms with Crippen LogP contribution >= 0.6 is 24.0 Å². The molecule has 2 aromatic heterocycles. The maximum atomic E-state index is 13.3. The van der Waals surface area contributed by atoms with Crippen molar-refractivity contribution >= 4 is 51.7 Å². The minimum Gasteiger partial charge on any atom is -0.369 e. The van der Waals surface area contributed by atoms with Gasteiger partial charge in [0.25, 0.3) is 11.5 Å². The Balaban J connectivity index is 1.92. The number of carbonyl (C=O) groups excluding carboxylic acids is 1. The first-order valence-corrected chi connectivity index (χ1v) is 12.2. The van der Waals surface area contributed by atoms with Gasteiger partial charge in [-0.1, -0.05) is 69.6 Å². The van der Waals surface area contributed by atoms with E-state index < -0.39 is 0 Å². The Morgan fingerprint density at radius 1 is 1.16 bits per heavy atom. The molecule has 3 heterocycles. The number of aromatic nitrogens is 2. The number of aryl methyl sites for hydroxylation is 1. The fourth-order valence-corrected chi connectivity index (χ4v) is 4.81. The van der Waals surface area contributed by atoms with Gasteiger partial charge in [-0.15, -0.1) is 0 Å². The Kier molecular flexibility index (Phi) is 8.26. The Morgan fingerprint density at radius 3 is 2.68 bits per heavy atom. The topological polar surface area (TPSA) is 66.7 Å². The summed E-state index contributed by atoms with van der Waals surface area (Å²) in [5.41, 5.74) is 1.72. The highest BCUT2D eigenvalue weighted by atomic mass is 32.2. The van der Waals surface area contributed by atoms with Crippen LogP contribution < -0.4 is 10.9 Å². The van der Waals surface area contributed by atoms with Gasteiger partial charge in [0, 0.05) is 19.3 Å². The smallest absolute Gasteiger partial charge is 0.267 e. The number of thioether (sulfide) groups is 1. The number of hydrogen-bond donors (Lipinski definition) is 1. The number of anilines is 1. The van der Waals surface area contributed by atoms with Gasteiger partial charge in [0.05, 0.1) is 10.5 Å². The molecule has 1 N–H and O–H groups in total. The molecule has 0 unspecified atom stereocenters. The number of hydrogen-bond acceptors (Lipinski definition) is 6. The molecule has 0 radical (unpaired) electrons. The lowest BCUT2D eigenvalue weighted by Crippen LogP contribution is -2.29. The zero-order chi connectivity index (χ0) is 22.4. The Hall–Kier alpha value is -2.19. The number of unbranched alkanes of at least 4 members (excludes halogenated alkanes) is 4. The van der Waals surface area contributed by atoms with E-state index in [0.29, 0.717) is 39.3 Å². The van der Waals surface area contributed by atoms with Crippen molar-refractivity contribution in [1.82, 2.24) is 14.3 Å². The number of amides is 1. The van der Waals surface area contributed by atoms with Gasteiger partial charge in [0.2, 0.25) is 0 Å². The number of rotatable bonds is 10. The van der Waals surface area contributed by atoms with E-state index in [2.05, 4.69) is 19.2 Å². The predicted molar refractivity (Wildman–Crippen MR) is 134 cm³/mol. The lowest BCUT2D eigenvalue weighted by atomic mass is 10.1. The Bertz CT molecular complexity index is 1060. The zero-order valence-electron chi connectivity index (χ0n) is 18.4. The van der Waals surface area contributed by atoms with Crippen LogP contribution in [-0.2, 0) is 4.79 Å². The van der Waals surface area contributed by atoms with Crippen LogP contribution in [0.4, 0.5) is 5.82 Å². The molecule has 0 aliphatic carbocycles. The van der Waals surface area contributed by atoms with Gasteiger partial charge in [-0.2, -0.15) is 0 Å². The van der Waals surface area contributed by atoms with Gasteiger partial charge in [0.1, 0.15) is 15.8 Å². The third-order valence-electron chi connectivity index (χ3n) is 5.26. The van der Waals surface area contributed by atoms with E-state index in [9.17, 15) is 9.59 Å². The van der Waals surface area contributed by atoms with Crippen LogP contribution in [0.3, 0.4) is 0 Å². The van der Waals surface area contributed by atoms with Crippen LogP contribution in [0.5, 0.6) is 0 Å². The molecule has 1 fully saturated rings. The molecule has 1 amide bonds. The summed E-state index contributed by atoms with van der Waals surface area (Å²) in [4.78, 5) is 33.1. The second kappa shape index (κ2) is 10.9. The van der Waals surface area contributed by atoms with E-state index in [1.165, 1.54) is 35.4 Å². The summed E-state index contributed by atoms with van der Waals surface area (Å²) in [6, 6.07) is 3.75. The Labute approximate surface area is 193 Å². The van der Waals surface area contributed by atoms with E-state index in [1.807, 2.05) is 19.1 Å². The van der Waals surface area contributed by atoms with Crippen molar-refractivity contribution < 1.29 is 4.79 Å². The van der Waals surface area contributed by atoms with Crippen LogP contribution in [0.1, 0.15) is 63.5 Å². The summed E-state index contributed by atoms with van der Waals surface area (Å²) in [5.74, 6) is 0.381. The molecule has 166 valence electrons. The molecule has 31 heavy (non-hydrogen) atoms. The molecule has 0 saturated carbocycles. The molecule has 0 atom stereocenters. The molecule has 0 aromatic carbocycles. The largest absolute Gasteiger partial charge is 0.369 e. The number of carbonyl (C=O) groups is 1. The summed E-state index contributed by atoms with van der Waals surface area (Å²) < 4.78 is 2.09. The number of pyridine rings is 1. The highest BCUT2D eigenvalue weighted by molar-refractivity contribution is 8.26. The first-order chi connectivity index (χ1) is 15.0. The molecule has 2 aromatic rings. The van der Waals surface area contributed by atoms with Crippen LogP contribution in [0, 0.1) is 6.92 Å². The van der Waals surface area contributed by atoms with Gasteiger partial charge >= 0.3 is 0 Å². The van der Waals surface area contributed by atoms with Gasteiger partial charge in [-0.25, -0.2) is 4.98 Å². The second-order valence-corrected chi connectivity index (χ2v) is 9.41. The molecule has 1 saturated heterocycles. The monoisotopic (exact) mass is 458 g/mol. The van der Waals surface area contributed by atoms with Crippen LogP contribution in [0.15, 0.2) is 28.0 Å². The average Bonchev–Trinajstić information content (AvgIpc) is 3.02. The van der Waals surface area contributed by atoms with E-state index in [4.69, 9.17) is 17.2 Å². The molecule has 0 bridgehead atoms. The molecule has 1 aliphatic heterocycles. The summed E-state index contributed by atoms with van der Waals surface area (Å²) >= 11 is 6.71. The summed E-state index contributed by atoms with van der Waals surface area (Å²) in [7, 11) is 0. The fourth-order valence-electron chi connectivity index (χ4n) is 3.52. The fraction of sp³-hybridized carbons (Fsp3) is 0.478. The third-order valence-corrected chi connectivity index (χ3v) is 6.64. The number of fused-ring (bicyclic) bond motifs is 1. The first kappa shape index (κ1) is 23.5. The lowest BCUT2D eigenvalue weighted by molar-refractivity contribution is -0.122. The summed E-state index contributed by atoms with van der Waals surface area (Å²) in [6.45, 7) is 7.48. The van der Waals surface area contributed by atoms with Crippen molar-refractivity contribution in [1.29, 1.82) is 0 Å². The van der Waals surface area contributed by atoms with Gasteiger partial charge in [0.15, 0.2) is 0 Å². The molecule has 8 heteroatoms. The van der Waals surface area contributed by atoms with Crippen LogP contribution in [0.2, 0.25) is 0 Å². The molecule has 6 nitrogen and oxygen atoms in total. The van der Waals surface area contributed by atoms with Crippen molar-refractivity contribution in [2.75, 3.05) is 18.4 Å². The highest BCUT2D eigenvalue weighted by Crippen LogP contribution is 2.33. The van der Waals surface area contributed by atoms with Crippen LogP contribution in [-0.4, -0.2) is 37.6 Å². The minimum atomic E-state index is -0.197. The minimum absolute atomic E-state index is 0.124. The SMILES string of the molecule is CCCCCCCN1C(=O)/C(=C/c2c(NCCC)nc3c(C)cccn3c2=O)SC1=S. The second-order valence-electron chi connectivity index (χ2n) is 7.74. The summed E-state index contributed by atoms with van der Waals surface area (Å²) in [5, 5.41) is 3.25. The van der Waals surface area contributed by atoms with Crippen molar-refractivity contribution in [2.45, 2.75) is 59.3 Å². The maximum Gasteiger partial charge on any atom is 0.267 e. The van der Waals surface area contributed by atoms with Gasteiger partial charge < -0.3 is 5.32 Å². The van der Waals surface area contributed by atoms with Crippen molar-refractivity contribution in [3.8, 4) is 0 Å². The van der Waals surface area contributed by atoms with Crippen molar-refractivity contribution in [3.05, 3.63) is 44.7 Å². The molecule has 3 rings (SSSR count). The molecule has 0 spiro atoms. The number of thiocarbonyl (C=S) groups is 1. The van der Waals surface area contributed by atoms with Gasteiger partial charge in [-0.3, -0.25) is 18.9 Å². The third kappa shape index (κ3) is 5.36. The van der Waals surface area contributed by atoms with Crippen molar-refractivity contribution in [2.24, 2.45) is 0 Å². The standard InChI is InChI=1S/C23H30N4O2S2/c1-4-6-7-8-9-13-27-22(29)18(31-23(27)30)15-17-19(24-12-5-2)25-20-16(3)11-10-14-26(20)21(17)28/h10-11,14-15,24H,4-9,12-13H2,1-3H3/b18-15-. The van der Waals surface area contributed by atoms with Gasteiger partial charge in [-0.05, 0) is 37.5 Å². The van der Waals surface area contributed by atoms with Crippen LogP contribution in [0.25, 0.3) is 11.7 Å². The van der Waals surface area contributed by atoms with E-state index in [0.717, 1.165) is 24.8 Å². The lowest BCUT2D eigenvalue weighted by Gasteiger charge is -2.14. The quantitative estimate of drug-likeness (QED) is 0.307.